The molecule has 1 aromatic carbocycles. The molecule has 1 heterocycles. The summed E-state index contributed by atoms with van der Waals surface area (Å²) < 4.78 is 0. The molecule has 0 spiro atoms. The normalized spacial score (nSPS) is 22.4. The second-order valence-electron chi connectivity index (χ2n) is 7.74. The highest BCUT2D eigenvalue weighted by atomic mass is 16.4. The van der Waals surface area contributed by atoms with Crippen LogP contribution in [-0.4, -0.2) is 35.0 Å². The molecule has 2 aliphatic rings. The molecule has 1 aromatic rings. The van der Waals surface area contributed by atoms with Gasteiger partial charge in [-0.25, -0.2) is 0 Å². The number of aliphatic carboxylic acids is 1. The fourth-order valence-corrected chi connectivity index (χ4v) is 4.76. The third-order valence-electron chi connectivity index (χ3n) is 6.58. The lowest BCUT2D eigenvalue weighted by atomic mass is 9.69. The van der Waals surface area contributed by atoms with Gasteiger partial charge in [0.2, 0.25) is 5.91 Å². The van der Waals surface area contributed by atoms with Crippen LogP contribution in [-0.2, 0) is 15.0 Å². The van der Waals surface area contributed by atoms with Gasteiger partial charge in [0.15, 0.2) is 0 Å². The number of amides is 1. The van der Waals surface area contributed by atoms with Gasteiger partial charge in [-0.2, -0.15) is 0 Å². The lowest BCUT2D eigenvalue weighted by molar-refractivity contribution is -0.152. The first kappa shape index (κ1) is 18.0. The minimum absolute atomic E-state index is 0.200. The number of carbonyl (C=O) groups excluding carboxylic acids is 1. The van der Waals surface area contributed by atoms with Crippen LogP contribution in [0, 0.1) is 5.41 Å². The maximum atomic E-state index is 13.2. The molecule has 3 rings (SSSR count). The van der Waals surface area contributed by atoms with Gasteiger partial charge in [0.25, 0.3) is 0 Å². The van der Waals surface area contributed by atoms with E-state index in [9.17, 15) is 14.7 Å². The first-order valence-corrected chi connectivity index (χ1v) is 9.62. The Morgan fingerprint density at radius 3 is 2.12 bits per heavy atom. The smallest absolute Gasteiger partial charge is 0.314 e. The van der Waals surface area contributed by atoms with Gasteiger partial charge in [-0.05, 0) is 37.7 Å². The van der Waals surface area contributed by atoms with Crippen molar-refractivity contribution in [2.75, 3.05) is 13.1 Å². The highest BCUT2D eigenvalue weighted by Gasteiger charge is 2.47. The van der Waals surface area contributed by atoms with Gasteiger partial charge in [0.05, 0.1) is 5.41 Å². The van der Waals surface area contributed by atoms with Gasteiger partial charge in [-0.1, -0.05) is 56.5 Å². The van der Waals surface area contributed by atoms with Crippen molar-refractivity contribution in [3.63, 3.8) is 0 Å². The molecule has 4 nitrogen and oxygen atoms in total. The van der Waals surface area contributed by atoms with Crippen molar-refractivity contribution in [2.24, 2.45) is 5.41 Å². The maximum absolute atomic E-state index is 13.2. The fourth-order valence-electron chi connectivity index (χ4n) is 4.76. The first-order chi connectivity index (χ1) is 12.0. The molecule has 1 amide bonds. The third-order valence-corrected chi connectivity index (χ3v) is 6.58. The Kier molecular flexibility index (Phi) is 5.16. The zero-order valence-electron chi connectivity index (χ0n) is 15.2. The monoisotopic (exact) mass is 343 g/mol. The van der Waals surface area contributed by atoms with Crippen molar-refractivity contribution in [3.8, 4) is 0 Å². The summed E-state index contributed by atoms with van der Waals surface area (Å²) in [4.78, 5) is 27.2. The molecule has 0 radical (unpaired) electrons. The molecule has 0 unspecified atom stereocenters. The van der Waals surface area contributed by atoms with E-state index in [0.29, 0.717) is 25.9 Å². The Balaban J connectivity index is 1.76. The number of likely N-dealkylation sites (tertiary alicyclic amines) is 1. The zero-order valence-corrected chi connectivity index (χ0v) is 15.2. The fraction of sp³-hybridized carbons (Fsp3) is 0.619. The van der Waals surface area contributed by atoms with E-state index in [1.807, 2.05) is 35.2 Å². The number of carboxylic acids is 1. The molecule has 2 fully saturated rings. The molecular formula is C21H29NO3. The van der Waals surface area contributed by atoms with Crippen molar-refractivity contribution < 1.29 is 14.7 Å². The Morgan fingerprint density at radius 2 is 1.60 bits per heavy atom. The van der Waals surface area contributed by atoms with Crippen LogP contribution in [0.3, 0.4) is 0 Å². The van der Waals surface area contributed by atoms with Crippen LogP contribution in [0.15, 0.2) is 30.3 Å². The van der Waals surface area contributed by atoms with Crippen LogP contribution in [0.1, 0.15) is 63.9 Å². The average Bonchev–Trinajstić information content (AvgIpc) is 2.68. The molecule has 136 valence electrons. The topological polar surface area (TPSA) is 57.6 Å². The molecule has 0 bridgehead atoms. The standard InChI is InChI=1S/C21H29NO3/c1-2-20(11-7-4-8-12-20)18(23)22-15-13-21(14-16-22,19(24)25)17-9-5-3-6-10-17/h3,5-6,9-10H,2,4,7-8,11-16H2,1H3,(H,24,25). The molecule has 1 saturated carbocycles. The van der Waals surface area contributed by atoms with Gasteiger partial charge in [0, 0.05) is 18.5 Å². The van der Waals surface area contributed by atoms with Crippen molar-refractivity contribution in [1.82, 2.24) is 4.90 Å². The number of hydrogen-bond donors (Lipinski definition) is 1. The highest BCUT2D eigenvalue weighted by molar-refractivity contribution is 5.85. The van der Waals surface area contributed by atoms with E-state index in [0.717, 1.165) is 37.7 Å². The number of rotatable bonds is 4. The summed E-state index contributed by atoms with van der Waals surface area (Å²) >= 11 is 0. The third kappa shape index (κ3) is 3.19. The number of benzene rings is 1. The zero-order chi connectivity index (χ0) is 17.9. The minimum atomic E-state index is -0.857. The summed E-state index contributed by atoms with van der Waals surface area (Å²) in [6.07, 6.45) is 7.36. The van der Waals surface area contributed by atoms with Crippen molar-refractivity contribution in [2.45, 2.75) is 63.7 Å². The van der Waals surface area contributed by atoms with Crippen LogP contribution in [0.4, 0.5) is 0 Å². The van der Waals surface area contributed by atoms with Crippen LogP contribution < -0.4 is 0 Å². The Labute approximate surface area is 150 Å². The second kappa shape index (κ2) is 7.19. The van der Waals surface area contributed by atoms with Crippen LogP contribution >= 0.6 is 0 Å². The molecule has 1 aliphatic carbocycles. The van der Waals surface area contributed by atoms with Crippen molar-refractivity contribution >= 4 is 11.9 Å². The van der Waals surface area contributed by atoms with Gasteiger partial charge in [-0.15, -0.1) is 0 Å². The van der Waals surface area contributed by atoms with Gasteiger partial charge < -0.3 is 10.0 Å². The predicted molar refractivity (Wildman–Crippen MR) is 97.4 cm³/mol. The summed E-state index contributed by atoms with van der Waals surface area (Å²) in [7, 11) is 0. The van der Waals surface area contributed by atoms with E-state index in [1.165, 1.54) is 6.42 Å². The van der Waals surface area contributed by atoms with Gasteiger partial charge >= 0.3 is 5.97 Å². The number of piperidine rings is 1. The van der Waals surface area contributed by atoms with Gasteiger partial charge in [0.1, 0.15) is 0 Å². The van der Waals surface area contributed by atoms with Crippen LogP contribution in [0.25, 0.3) is 0 Å². The number of nitrogens with zero attached hydrogens (tertiary/aromatic N) is 1. The van der Waals surface area contributed by atoms with Crippen molar-refractivity contribution in [1.29, 1.82) is 0 Å². The largest absolute Gasteiger partial charge is 0.481 e. The van der Waals surface area contributed by atoms with Crippen molar-refractivity contribution in [3.05, 3.63) is 35.9 Å². The number of carbonyl (C=O) groups is 2. The average molecular weight is 343 g/mol. The molecule has 1 aliphatic heterocycles. The molecule has 4 heteroatoms. The Morgan fingerprint density at radius 1 is 1.00 bits per heavy atom. The Hall–Kier alpha value is -1.84. The predicted octanol–water partition coefficient (Wildman–Crippen LogP) is 3.99. The second-order valence-corrected chi connectivity index (χ2v) is 7.74. The van der Waals surface area contributed by atoms with E-state index in [-0.39, 0.29) is 11.3 Å². The number of hydrogen-bond acceptors (Lipinski definition) is 2. The van der Waals surface area contributed by atoms with E-state index < -0.39 is 11.4 Å². The quantitative estimate of drug-likeness (QED) is 0.899. The lowest BCUT2D eigenvalue weighted by Crippen LogP contribution is -2.53. The van der Waals surface area contributed by atoms with E-state index >= 15 is 0 Å². The molecule has 25 heavy (non-hydrogen) atoms. The first-order valence-electron chi connectivity index (χ1n) is 9.62. The number of carboxylic acid groups (broad SMARTS) is 1. The summed E-state index contributed by atoms with van der Waals surface area (Å²) in [5, 5.41) is 9.91. The minimum Gasteiger partial charge on any atom is -0.481 e. The molecular weight excluding hydrogens is 314 g/mol. The van der Waals surface area contributed by atoms with Crippen LogP contribution in [0.2, 0.25) is 0 Å². The summed E-state index contributed by atoms with van der Waals surface area (Å²) in [5.41, 5.74) is -0.199. The van der Waals surface area contributed by atoms with E-state index in [2.05, 4.69) is 6.92 Å². The highest BCUT2D eigenvalue weighted by Crippen LogP contribution is 2.43. The molecule has 1 saturated heterocycles. The Bertz CT molecular complexity index is 611. The van der Waals surface area contributed by atoms with E-state index in [4.69, 9.17) is 0 Å². The van der Waals surface area contributed by atoms with E-state index in [1.54, 1.807) is 0 Å². The summed E-state index contributed by atoms with van der Waals surface area (Å²) in [5.74, 6) is -0.504. The molecule has 1 N–H and O–H groups in total. The summed E-state index contributed by atoms with van der Waals surface area (Å²) in [6, 6.07) is 9.50. The lowest BCUT2D eigenvalue weighted by Gasteiger charge is -2.44. The SMILES string of the molecule is CCC1(C(=O)N2CCC(C(=O)O)(c3ccccc3)CC2)CCCCC1. The molecule has 0 aromatic heterocycles. The molecule has 0 atom stereocenters. The van der Waals surface area contributed by atoms with Crippen LogP contribution in [0.5, 0.6) is 0 Å². The van der Waals surface area contributed by atoms with Gasteiger partial charge in [-0.3, -0.25) is 9.59 Å². The summed E-state index contributed by atoms with van der Waals surface area (Å²) in [6.45, 7) is 3.21. The maximum Gasteiger partial charge on any atom is 0.314 e.